The zero-order valence-corrected chi connectivity index (χ0v) is 13.5. The Morgan fingerprint density at radius 3 is 2.39 bits per heavy atom. The number of carbonyl (C=O) groups excluding carboxylic acids is 1. The van der Waals surface area contributed by atoms with Crippen molar-refractivity contribution in [3.63, 3.8) is 0 Å². The average Bonchev–Trinajstić information content (AvgIpc) is 2.54. The number of hydrogen-bond donors (Lipinski definition) is 1. The van der Waals surface area contributed by atoms with E-state index in [1.165, 1.54) is 43.5 Å². The average molecular weight is 321 g/mol. The Morgan fingerprint density at radius 1 is 1.22 bits per heavy atom. The van der Waals surface area contributed by atoms with Gasteiger partial charge in [0.25, 0.3) is 0 Å². The Balaban J connectivity index is 2.07. The molecule has 126 valence electrons. The first-order chi connectivity index (χ1) is 11.0. The van der Waals surface area contributed by atoms with Crippen molar-refractivity contribution in [1.82, 2.24) is 4.90 Å². The number of carbonyl (C=O) groups is 2. The van der Waals surface area contributed by atoms with Crippen LogP contribution in [0.2, 0.25) is 0 Å². The molecule has 1 aliphatic carbocycles. The molecular weight excluding hydrogens is 297 g/mol. The van der Waals surface area contributed by atoms with Gasteiger partial charge in [0.1, 0.15) is 5.82 Å². The molecule has 2 rings (SSSR count). The molecule has 0 aromatic heterocycles. The van der Waals surface area contributed by atoms with E-state index in [1.54, 1.807) is 0 Å². The Kier molecular flexibility index (Phi) is 6.28. The van der Waals surface area contributed by atoms with Crippen LogP contribution in [0.4, 0.5) is 4.39 Å². The number of hydrogen-bond acceptors (Lipinski definition) is 3. The van der Waals surface area contributed by atoms with E-state index < -0.39 is 17.7 Å². The number of halogens is 1. The predicted molar refractivity (Wildman–Crippen MR) is 86.0 cm³/mol. The van der Waals surface area contributed by atoms with Crippen molar-refractivity contribution in [2.45, 2.75) is 44.6 Å². The maximum absolute atomic E-state index is 13.0. The van der Waals surface area contributed by atoms with Gasteiger partial charge in [0.15, 0.2) is 5.78 Å². The molecule has 0 heterocycles. The molecule has 0 bridgehead atoms. The first-order valence-corrected chi connectivity index (χ1v) is 8.19. The number of Topliss-reactive ketones (excluding diaryl/α,β-unsaturated/α-hetero) is 1. The maximum Gasteiger partial charge on any atom is 0.304 e. The van der Waals surface area contributed by atoms with Crippen molar-refractivity contribution in [3.8, 4) is 0 Å². The van der Waals surface area contributed by atoms with Crippen molar-refractivity contribution in [1.29, 1.82) is 0 Å². The molecule has 1 fully saturated rings. The molecule has 4 nitrogen and oxygen atoms in total. The lowest BCUT2D eigenvalue weighted by atomic mass is 9.91. The van der Waals surface area contributed by atoms with E-state index in [4.69, 9.17) is 5.11 Å². The van der Waals surface area contributed by atoms with Crippen LogP contribution in [0.15, 0.2) is 24.3 Å². The fraction of sp³-hybridized carbons (Fsp3) is 0.556. The molecule has 0 saturated heterocycles. The number of nitrogens with zero attached hydrogens (tertiary/aromatic N) is 1. The van der Waals surface area contributed by atoms with E-state index in [0.717, 1.165) is 12.8 Å². The topological polar surface area (TPSA) is 57.6 Å². The molecule has 1 N–H and O–H groups in total. The highest BCUT2D eigenvalue weighted by Gasteiger charge is 2.27. The van der Waals surface area contributed by atoms with Gasteiger partial charge in [-0.2, -0.15) is 0 Å². The highest BCUT2D eigenvalue weighted by atomic mass is 19.1. The summed E-state index contributed by atoms with van der Waals surface area (Å²) in [6.45, 7) is 0.424. The lowest BCUT2D eigenvalue weighted by Gasteiger charge is -2.33. The van der Waals surface area contributed by atoms with Gasteiger partial charge in [0.2, 0.25) is 0 Å². The van der Waals surface area contributed by atoms with Crippen LogP contribution >= 0.6 is 0 Å². The van der Waals surface area contributed by atoms with Gasteiger partial charge >= 0.3 is 5.97 Å². The SMILES string of the molecule is CN(CC(CC(=O)O)C(=O)c1ccc(F)cc1)C1CCCCC1. The smallest absolute Gasteiger partial charge is 0.304 e. The third-order valence-corrected chi connectivity index (χ3v) is 4.63. The van der Waals surface area contributed by atoms with Gasteiger partial charge in [-0.3, -0.25) is 9.59 Å². The molecule has 1 aromatic rings. The van der Waals surface area contributed by atoms with Crippen LogP contribution in [0.1, 0.15) is 48.9 Å². The number of benzene rings is 1. The summed E-state index contributed by atoms with van der Waals surface area (Å²) in [7, 11) is 1.96. The van der Waals surface area contributed by atoms with E-state index >= 15 is 0 Å². The van der Waals surface area contributed by atoms with Crippen LogP contribution < -0.4 is 0 Å². The zero-order chi connectivity index (χ0) is 16.8. The Hall–Kier alpha value is -1.75. The molecule has 23 heavy (non-hydrogen) atoms. The third-order valence-electron chi connectivity index (χ3n) is 4.63. The lowest BCUT2D eigenvalue weighted by molar-refractivity contribution is -0.137. The number of carboxylic acids is 1. The third kappa shape index (κ3) is 5.13. The van der Waals surface area contributed by atoms with E-state index in [-0.39, 0.29) is 12.2 Å². The first kappa shape index (κ1) is 17.6. The van der Waals surface area contributed by atoms with Gasteiger partial charge in [-0.15, -0.1) is 0 Å². The minimum Gasteiger partial charge on any atom is -0.481 e. The van der Waals surface area contributed by atoms with Crippen LogP contribution in [-0.2, 0) is 4.79 Å². The summed E-state index contributed by atoms with van der Waals surface area (Å²) in [5.41, 5.74) is 0.370. The van der Waals surface area contributed by atoms with Crippen LogP contribution in [0.3, 0.4) is 0 Å². The number of rotatable bonds is 7. The van der Waals surface area contributed by atoms with E-state index in [0.29, 0.717) is 18.2 Å². The fourth-order valence-corrected chi connectivity index (χ4v) is 3.32. The normalized spacial score (nSPS) is 17.2. The number of aliphatic carboxylic acids is 1. The molecule has 0 spiro atoms. The second-order valence-corrected chi connectivity index (χ2v) is 6.40. The summed E-state index contributed by atoms with van der Waals surface area (Å²) < 4.78 is 13.0. The van der Waals surface area contributed by atoms with E-state index in [9.17, 15) is 14.0 Å². The van der Waals surface area contributed by atoms with Crippen molar-refractivity contribution >= 4 is 11.8 Å². The van der Waals surface area contributed by atoms with Crippen molar-refractivity contribution in [3.05, 3.63) is 35.6 Å². The summed E-state index contributed by atoms with van der Waals surface area (Å²) in [5, 5.41) is 9.12. The predicted octanol–water partition coefficient (Wildman–Crippen LogP) is 3.36. The minimum absolute atomic E-state index is 0.201. The Labute approximate surface area is 136 Å². The van der Waals surface area contributed by atoms with Crippen molar-refractivity contribution in [2.24, 2.45) is 5.92 Å². The highest BCUT2D eigenvalue weighted by Crippen LogP contribution is 2.24. The molecule has 0 amide bonds. The molecule has 1 aromatic carbocycles. The van der Waals surface area contributed by atoms with Crippen LogP contribution in [-0.4, -0.2) is 41.4 Å². The van der Waals surface area contributed by atoms with Gasteiger partial charge in [0.05, 0.1) is 6.42 Å². The summed E-state index contributed by atoms with van der Waals surface area (Å²) in [6.07, 6.45) is 5.61. The molecule has 0 radical (unpaired) electrons. The van der Waals surface area contributed by atoms with Gasteiger partial charge in [-0.05, 0) is 44.2 Å². The lowest BCUT2D eigenvalue weighted by Crippen LogP contribution is -2.39. The van der Waals surface area contributed by atoms with Crippen LogP contribution in [0, 0.1) is 11.7 Å². The van der Waals surface area contributed by atoms with Gasteiger partial charge in [-0.1, -0.05) is 19.3 Å². The Bertz CT molecular complexity index is 538. The van der Waals surface area contributed by atoms with Crippen LogP contribution in [0.5, 0.6) is 0 Å². The van der Waals surface area contributed by atoms with Gasteiger partial charge in [-0.25, -0.2) is 4.39 Å². The molecule has 1 unspecified atom stereocenters. The minimum atomic E-state index is -0.984. The summed E-state index contributed by atoms with van der Waals surface area (Å²) in [5.74, 6) is -2.22. The van der Waals surface area contributed by atoms with Crippen molar-refractivity contribution < 1.29 is 19.1 Å². The van der Waals surface area contributed by atoms with Crippen molar-refractivity contribution in [2.75, 3.05) is 13.6 Å². The first-order valence-electron chi connectivity index (χ1n) is 8.19. The molecule has 5 heteroatoms. The number of carboxylic acid groups (broad SMARTS) is 1. The van der Waals surface area contributed by atoms with E-state index in [1.807, 2.05) is 7.05 Å². The molecule has 0 aliphatic heterocycles. The molecule has 1 atom stereocenters. The Morgan fingerprint density at radius 2 is 1.83 bits per heavy atom. The second-order valence-electron chi connectivity index (χ2n) is 6.40. The van der Waals surface area contributed by atoms with Gasteiger partial charge < -0.3 is 10.0 Å². The highest BCUT2D eigenvalue weighted by molar-refractivity contribution is 5.99. The monoisotopic (exact) mass is 321 g/mol. The largest absolute Gasteiger partial charge is 0.481 e. The van der Waals surface area contributed by atoms with E-state index in [2.05, 4.69) is 4.90 Å². The summed E-state index contributed by atoms with van der Waals surface area (Å²) >= 11 is 0. The standard InChI is InChI=1S/C18H24FNO3/c1-20(16-5-3-2-4-6-16)12-14(11-17(21)22)18(23)13-7-9-15(19)10-8-13/h7-10,14,16H,2-6,11-12H2,1H3,(H,21,22). The van der Waals surface area contributed by atoms with Crippen LogP contribution in [0.25, 0.3) is 0 Å². The summed E-state index contributed by atoms with van der Waals surface area (Å²) in [4.78, 5) is 25.8. The zero-order valence-electron chi connectivity index (χ0n) is 13.5. The fourth-order valence-electron chi connectivity index (χ4n) is 3.32. The maximum atomic E-state index is 13.0. The van der Waals surface area contributed by atoms with Gasteiger partial charge in [0, 0.05) is 24.1 Å². The molecule has 1 aliphatic rings. The quantitative estimate of drug-likeness (QED) is 0.782. The molecular formula is C18H24FNO3. The number of ketones is 1. The summed E-state index contributed by atoms with van der Waals surface area (Å²) in [6, 6.07) is 5.73. The second kappa shape index (κ2) is 8.20. The molecule has 1 saturated carbocycles.